The van der Waals surface area contributed by atoms with E-state index in [2.05, 4.69) is 55.3 Å². The standard InChI is InChI=1S/C33H48N8O3/c1-25-7-9-27(10-8-25)23-37-32-39-31(36-17-15-26-5-3-2-4-6-26)40-33(41-32)38-24-28-11-13-29(14-12-28)30(42)35-18-20-44-22-21-43-19-16-34/h2-6,11-14,25,27H,7-10,15-24,34H2,1H3,(H,35,42)(H3,36,37,38,39,40,41). The molecular formula is C33H48N8O3. The largest absolute Gasteiger partial charge is 0.378 e. The van der Waals surface area contributed by atoms with Crippen molar-refractivity contribution in [3.63, 3.8) is 0 Å². The molecule has 1 amide bonds. The zero-order valence-electron chi connectivity index (χ0n) is 25.9. The lowest BCUT2D eigenvalue weighted by Crippen LogP contribution is -2.27. The van der Waals surface area contributed by atoms with E-state index in [1.807, 2.05) is 42.5 Å². The number of benzene rings is 2. The third-order valence-corrected chi connectivity index (χ3v) is 7.69. The maximum atomic E-state index is 12.5. The van der Waals surface area contributed by atoms with E-state index in [0.29, 0.717) is 81.9 Å². The SMILES string of the molecule is CC1CCC(CNc2nc(NCCc3ccccc3)nc(NCc3ccc(C(=O)NCCOCCOCCN)cc3)n2)CC1. The number of hydrogen-bond acceptors (Lipinski definition) is 10. The number of hydrogen-bond donors (Lipinski definition) is 5. The lowest BCUT2D eigenvalue weighted by atomic mass is 9.83. The first kappa shape index (κ1) is 33.1. The molecule has 0 atom stereocenters. The molecular weight excluding hydrogens is 556 g/mol. The Morgan fingerprint density at radius 3 is 2.14 bits per heavy atom. The molecule has 0 unspecified atom stereocenters. The molecule has 11 heteroatoms. The molecule has 44 heavy (non-hydrogen) atoms. The molecule has 6 N–H and O–H groups in total. The number of ether oxygens (including phenoxy) is 2. The highest BCUT2D eigenvalue weighted by Crippen LogP contribution is 2.28. The lowest BCUT2D eigenvalue weighted by molar-refractivity contribution is 0.0511. The average molecular weight is 605 g/mol. The van der Waals surface area contributed by atoms with Crippen LogP contribution in [0.3, 0.4) is 0 Å². The second-order valence-electron chi connectivity index (χ2n) is 11.3. The number of nitrogens with zero attached hydrogens (tertiary/aromatic N) is 3. The minimum atomic E-state index is -0.140. The minimum absolute atomic E-state index is 0.140. The van der Waals surface area contributed by atoms with E-state index >= 15 is 0 Å². The monoisotopic (exact) mass is 604 g/mol. The van der Waals surface area contributed by atoms with E-state index < -0.39 is 0 Å². The van der Waals surface area contributed by atoms with Gasteiger partial charge in [-0.3, -0.25) is 4.79 Å². The van der Waals surface area contributed by atoms with Crippen LogP contribution >= 0.6 is 0 Å². The van der Waals surface area contributed by atoms with Crippen LogP contribution in [0.2, 0.25) is 0 Å². The van der Waals surface area contributed by atoms with Crippen molar-refractivity contribution in [3.8, 4) is 0 Å². The number of carbonyl (C=O) groups is 1. The Morgan fingerprint density at radius 2 is 1.43 bits per heavy atom. The lowest BCUT2D eigenvalue weighted by Gasteiger charge is -2.26. The molecule has 3 aromatic rings. The van der Waals surface area contributed by atoms with Crippen LogP contribution in [-0.2, 0) is 22.4 Å². The number of carbonyl (C=O) groups excluding carboxylic acids is 1. The highest BCUT2D eigenvalue weighted by Gasteiger charge is 2.18. The van der Waals surface area contributed by atoms with Crippen LogP contribution in [0.15, 0.2) is 54.6 Å². The van der Waals surface area contributed by atoms with Crippen molar-refractivity contribution in [3.05, 3.63) is 71.3 Å². The Hall–Kier alpha value is -3.80. The fourth-order valence-corrected chi connectivity index (χ4v) is 5.04. The second kappa shape index (κ2) is 18.8. The van der Waals surface area contributed by atoms with Gasteiger partial charge in [0, 0.05) is 38.3 Å². The van der Waals surface area contributed by atoms with Gasteiger partial charge in [-0.2, -0.15) is 15.0 Å². The number of aromatic nitrogens is 3. The van der Waals surface area contributed by atoms with Gasteiger partial charge >= 0.3 is 0 Å². The zero-order chi connectivity index (χ0) is 30.8. The fourth-order valence-electron chi connectivity index (χ4n) is 5.04. The predicted molar refractivity (Wildman–Crippen MR) is 175 cm³/mol. The molecule has 1 fully saturated rings. The van der Waals surface area contributed by atoms with Crippen LogP contribution in [0.25, 0.3) is 0 Å². The maximum Gasteiger partial charge on any atom is 0.251 e. The summed E-state index contributed by atoms with van der Waals surface area (Å²) in [5.41, 5.74) is 8.23. The van der Waals surface area contributed by atoms with E-state index in [1.165, 1.54) is 31.2 Å². The van der Waals surface area contributed by atoms with Gasteiger partial charge in [-0.25, -0.2) is 0 Å². The number of rotatable bonds is 19. The van der Waals surface area contributed by atoms with Gasteiger partial charge in [0.1, 0.15) is 0 Å². The van der Waals surface area contributed by atoms with Gasteiger partial charge in [0.05, 0.1) is 26.4 Å². The molecule has 4 rings (SSSR count). The molecule has 1 saturated carbocycles. The summed E-state index contributed by atoms with van der Waals surface area (Å²) < 4.78 is 10.7. The van der Waals surface area contributed by atoms with Crippen molar-refractivity contribution in [2.45, 2.75) is 45.6 Å². The molecule has 1 aliphatic rings. The fraction of sp³-hybridized carbons (Fsp3) is 0.515. The summed E-state index contributed by atoms with van der Waals surface area (Å²) in [6.45, 7) is 7.25. The maximum absolute atomic E-state index is 12.5. The topological polar surface area (TPSA) is 148 Å². The Morgan fingerprint density at radius 1 is 0.773 bits per heavy atom. The van der Waals surface area contributed by atoms with Crippen LogP contribution in [0.1, 0.15) is 54.1 Å². The van der Waals surface area contributed by atoms with Crippen molar-refractivity contribution < 1.29 is 14.3 Å². The molecule has 0 aliphatic heterocycles. The number of nitrogens with two attached hydrogens (primary N) is 1. The molecule has 1 aromatic heterocycles. The summed E-state index contributed by atoms with van der Waals surface area (Å²) >= 11 is 0. The summed E-state index contributed by atoms with van der Waals surface area (Å²) in [7, 11) is 0. The Labute approximate surface area is 261 Å². The second-order valence-corrected chi connectivity index (χ2v) is 11.3. The van der Waals surface area contributed by atoms with Gasteiger partial charge in [0.15, 0.2) is 0 Å². The summed E-state index contributed by atoms with van der Waals surface area (Å²) in [6, 6.07) is 17.8. The van der Waals surface area contributed by atoms with Gasteiger partial charge in [-0.15, -0.1) is 0 Å². The van der Waals surface area contributed by atoms with Gasteiger partial charge in [-0.1, -0.05) is 62.2 Å². The smallest absolute Gasteiger partial charge is 0.251 e. The highest BCUT2D eigenvalue weighted by atomic mass is 16.5. The normalized spacial score (nSPS) is 16.3. The number of nitrogens with one attached hydrogen (secondary N) is 4. The first-order valence-corrected chi connectivity index (χ1v) is 15.8. The van der Waals surface area contributed by atoms with E-state index in [4.69, 9.17) is 15.2 Å². The molecule has 11 nitrogen and oxygen atoms in total. The van der Waals surface area contributed by atoms with Gasteiger partial charge in [0.25, 0.3) is 5.91 Å². The number of amides is 1. The summed E-state index contributed by atoms with van der Waals surface area (Å²) in [5.74, 6) is 2.93. The van der Waals surface area contributed by atoms with Gasteiger partial charge in [-0.05, 0) is 54.4 Å². The van der Waals surface area contributed by atoms with E-state index in [-0.39, 0.29) is 5.91 Å². The van der Waals surface area contributed by atoms with Crippen LogP contribution in [0.5, 0.6) is 0 Å². The molecule has 0 bridgehead atoms. The third kappa shape index (κ3) is 12.1. The zero-order valence-corrected chi connectivity index (χ0v) is 25.9. The van der Waals surface area contributed by atoms with Crippen molar-refractivity contribution in [2.75, 3.05) is 68.6 Å². The summed E-state index contributed by atoms with van der Waals surface area (Å²) in [6.07, 6.45) is 5.90. The van der Waals surface area contributed by atoms with Crippen LogP contribution in [0, 0.1) is 11.8 Å². The van der Waals surface area contributed by atoms with Crippen molar-refractivity contribution in [1.29, 1.82) is 0 Å². The van der Waals surface area contributed by atoms with E-state index in [0.717, 1.165) is 24.4 Å². The Kier molecular flexibility index (Phi) is 14.1. The van der Waals surface area contributed by atoms with E-state index in [1.54, 1.807) is 0 Å². The first-order chi connectivity index (χ1) is 21.6. The summed E-state index contributed by atoms with van der Waals surface area (Å²) in [4.78, 5) is 26.4. The predicted octanol–water partition coefficient (Wildman–Crippen LogP) is 4.10. The molecule has 0 saturated heterocycles. The van der Waals surface area contributed by atoms with Gasteiger partial charge < -0.3 is 36.5 Å². The van der Waals surface area contributed by atoms with Crippen LogP contribution in [0.4, 0.5) is 17.8 Å². The van der Waals surface area contributed by atoms with Crippen LogP contribution < -0.4 is 27.0 Å². The molecule has 1 heterocycles. The van der Waals surface area contributed by atoms with Crippen LogP contribution in [-0.4, -0.2) is 73.5 Å². The van der Waals surface area contributed by atoms with Crippen molar-refractivity contribution in [2.24, 2.45) is 17.6 Å². The molecule has 0 spiro atoms. The molecule has 0 radical (unpaired) electrons. The first-order valence-electron chi connectivity index (χ1n) is 15.8. The van der Waals surface area contributed by atoms with Crippen molar-refractivity contribution >= 4 is 23.8 Å². The highest BCUT2D eigenvalue weighted by molar-refractivity contribution is 5.94. The third-order valence-electron chi connectivity index (χ3n) is 7.69. The minimum Gasteiger partial charge on any atom is -0.378 e. The van der Waals surface area contributed by atoms with Gasteiger partial charge in [0.2, 0.25) is 17.8 Å². The Balaban J connectivity index is 1.27. The molecule has 2 aromatic carbocycles. The Bertz CT molecular complexity index is 1240. The average Bonchev–Trinajstić information content (AvgIpc) is 3.05. The molecule has 1 aliphatic carbocycles. The van der Waals surface area contributed by atoms with E-state index in [9.17, 15) is 4.79 Å². The quantitative estimate of drug-likeness (QED) is 0.127. The number of anilines is 3. The summed E-state index contributed by atoms with van der Waals surface area (Å²) in [5, 5.41) is 13.0. The molecule has 238 valence electrons. The van der Waals surface area contributed by atoms with Crippen molar-refractivity contribution in [1.82, 2.24) is 20.3 Å².